The zero-order chi connectivity index (χ0) is 13.8. The van der Waals surface area contributed by atoms with Crippen molar-refractivity contribution in [1.29, 1.82) is 0 Å². The van der Waals surface area contributed by atoms with E-state index in [4.69, 9.17) is 4.74 Å². The van der Waals surface area contributed by atoms with E-state index < -0.39 is 0 Å². The van der Waals surface area contributed by atoms with E-state index in [0.717, 1.165) is 32.0 Å². The smallest absolute Gasteiger partial charge is 0.342 e. The fourth-order valence-electron chi connectivity index (χ4n) is 2.10. The minimum atomic E-state index is -0.294. The van der Waals surface area contributed by atoms with Crippen molar-refractivity contribution < 1.29 is 9.53 Å². The van der Waals surface area contributed by atoms with Gasteiger partial charge in [0.05, 0.1) is 6.10 Å². The summed E-state index contributed by atoms with van der Waals surface area (Å²) in [5.74, 6) is 0.443. The Morgan fingerprint density at radius 3 is 2.63 bits per heavy atom. The summed E-state index contributed by atoms with van der Waals surface area (Å²) in [6.45, 7) is 7.43. The molecule has 2 heterocycles. The minimum absolute atomic E-state index is 0.118. The van der Waals surface area contributed by atoms with Gasteiger partial charge < -0.3 is 14.5 Å². The molecule has 0 atom stereocenters. The molecule has 0 N–H and O–H groups in total. The molecule has 0 saturated carbocycles. The highest BCUT2D eigenvalue weighted by Crippen LogP contribution is 2.20. The normalized spacial score (nSPS) is 16.7. The lowest BCUT2D eigenvalue weighted by Gasteiger charge is -2.33. The molecule has 1 aliphatic heterocycles. The van der Waals surface area contributed by atoms with Gasteiger partial charge in [0, 0.05) is 32.4 Å². The molecule has 5 heteroatoms. The summed E-state index contributed by atoms with van der Waals surface area (Å²) < 4.78 is 5.27. The van der Waals surface area contributed by atoms with Gasteiger partial charge in [-0.2, -0.15) is 0 Å². The molecule has 1 saturated heterocycles. The molecular formula is C14H21N3O2. The van der Waals surface area contributed by atoms with Crippen LogP contribution in [0, 0.1) is 0 Å². The highest BCUT2D eigenvalue weighted by Gasteiger charge is 2.22. The quantitative estimate of drug-likeness (QED) is 0.771. The Hall–Kier alpha value is -1.62. The molecule has 0 unspecified atom stereocenters. The van der Waals surface area contributed by atoms with E-state index in [0.29, 0.717) is 5.56 Å². The first-order chi connectivity index (χ1) is 9.08. The van der Waals surface area contributed by atoms with Crippen LogP contribution in [0.5, 0.6) is 0 Å². The third kappa shape index (κ3) is 3.44. The Morgan fingerprint density at radius 2 is 2.00 bits per heavy atom. The molecule has 1 aromatic heterocycles. The van der Waals surface area contributed by atoms with Crippen LogP contribution in [0.2, 0.25) is 0 Å². The van der Waals surface area contributed by atoms with Gasteiger partial charge in [0.25, 0.3) is 0 Å². The third-order valence-corrected chi connectivity index (χ3v) is 3.15. The Bertz CT molecular complexity index is 440. The predicted octanol–water partition coefficient (Wildman–Crippen LogP) is 1.40. The Kier molecular flexibility index (Phi) is 4.37. The lowest BCUT2D eigenvalue weighted by atomic mass is 10.2. The van der Waals surface area contributed by atoms with E-state index in [1.165, 1.54) is 0 Å². The first-order valence-corrected chi connectivity index (χ1v) is 6.67. The number of carbonyl (C=O) groups excluding carboxylic acids is 1. The van der Waals surface area contributed by atoms with E-state index in [1.807, 2.05) is 13.8 Å². The molecular weight excluding hydrogens is 242 g/mol. The number of piperazine rings is 1. The lowest BCUT2D eigenvalue weighted by Crippen LogP contribution is -2.45. The van der Waals surface area contributed by atoms with Crippen LogP contribution in [0.4, 0.5) is 5.82 Å². The molecule has 2 rings (SSSR count). The molecule has 0 aliphatic carbocycles. The van der Waals surface area contributed by atoms with Crippen molar-refractivity contribution in [2.24, 2.45) is 0 Å². The lowest BCUT2D eigenvalue weighted by molar-refractivity contribution is 0.0378. The maximum absolute atomic E-state index is 12.1. The van der Waals surface area contributed by atoms with Crippen LogP contribution < -0.4 is 4.90 Å². The largest absolute Gasteiger partial charge is 0.459 e. The standard InChI is InChI=1S/C14H21N3O2/c1-11(2)19-14(18)12-5-4-6-15-13(12)17-9-7-16(3)8-10-17/h4-6,11H,7-10H2,1-3H3. The van der Waals surface area contributed by atoms with E-state index in [9.17, 15) is 4.79 Å². The maximum atomic E-state index is 12.1. The van der Waals surface area contributed by atoms with Gasteiger partial charge in [0.15, 0.2) is 0 Å². The first-order valence-electron chi connectivity index (χ1n) is 6.67. The van der Waals surface area contributed by atoms with Crippen LogP contribution in [0.1, 0.15) is 24.2 Å². The monoisotopic (exact) mass is 263 g/mol. The van der Waals surface area contributed by atoms with E-state index >= 15 is 0 Å². The molecule has 0 radical (unpaired) electrons. The highest BCUT2D eigenvalue weighted by molar-refractivity contribution is 5.94. The van der Waals surface area contributed by atoms with Gasteiger partial charge in [-0.15, -0.1) is 0 Å². The Labute approximate surface area is 114 Å². The summed E-state index contributed by atoms with van der Waals surface area (Å²) in [5.41, 5.74) is 0.556. The topological polar surface area (TPSA) is 45.7 Å². The molecule has 5 nitrogen and oxygen atoms in total. The molecule has 1 aliphatic rings. The van der Waals surface area contributed by atoms with Crippen LogP contribution in [0.15, 0.2) is 18.3 Å². The van der Waals surface area contributed by atoms with Crippen molar-refractivity contribution in [2.75, 3.05) is 38.1 Å². The first kappa shape index (κ1) is 13.8. The third-order valence-electron chi connectivity index (χ3n) is 3.15. The van der Waals surface area contributed by atoms with Crippen molar-refractivity contribution in [3.05, 3.63) is 23.9 Å². The number of anilines is 1. The molecule has 0 bridgehead atoms. The van der Waals surface area contributed by atoms with Crippen molar-refractivity contribution >= 4 is 11.8 Å². The molecule has 1 fully saturated rings. The fourth-order valence-corrected chi connectivity index (χ4v) is 2.10. The average Bonchev–Trinajstić information content (AvgIpc) is 2.39. The van der Waals surface area contributed by atoms with Crippen LogP contribution >= 0.6 is 0 Å². The second-order valence-corrected chi connectivity index (χ2v) is 5.12. The number of aromatic nitrogens is 1. The van der Waals surface area contributed by atoms with Gasteiger partial charge in [-0.1, -0.05) is 0 Å². The highest BCUT2D eigenvalue weighted by atomic mass is 16.5. The van der Waals surface area contributed by atoms with Crippen molar-refractivity contribution in [3.63, 3.8) is 0 Å². The van der Waals surface area contributed by atoms with Crippen molar-refractivity contribution in [3.8, 4) is 0 Å². The summed E-state index contributed by atoms with van der Waals surface area (Å²) in [4.78, 5) is 20.9. The SMILES string of the molecule is CC(C)OC(=O)c1cccnc1N1CCN(C)CC1. The van der Waals surface area contributed by atoms with Gasteiger partial charge in [0.2, 0.25) is 0 Å². The van der Waals surface area contributed by atoms with Gasteiger partial charge in [0.1, 0.15) is 11.4 Å². The van der Waals surface area contributed by atoms with Gasteiger partial charge in [-0.05, 0) is 33.0 Å². The fraction of sp³-hybridized carbons (Fsp3) is 0.571. The molecule has 0 amide bonds. The van der Waals surface area contributed by atoms with E-state index in [-0.39, 0.29) is 12.1 Å². The number of pyridine rings is 1. The number of ether oxygens (including phenoxy) is 1. The summed E-state index contributed by atoms with van der Waals surface area (Å²) in [6, 6.07) is 3.56. The minimum Gasteiger partial charge on any atom is -0.459 e. The molecule has 1 aromatic rings. The second kappa shape index (κ2) is 6.02. The van der Waals surface area contributed by atoms with Crippen LogP contribution in [-0.2, 0) is 4.74 Å². The number of carbonyl (C=O) groups is 1. The number of esters is 1. The summed E-state index contributed by atoms with van der Waals surface area (Å²) in [7, 11) is 2.10. The van der Waals surface area contributed by atoms with Gasteiger partial charge in [-0.25, -0.2) is 9.78 Å². The second-order valence-electron chi connectivity index (χ2n) is 5.12. The summed E-state index contributed by atoms with van der Waals surface area (Å²) >= 11 is 0. The number of rotatable bonds is 3. The van der Waals surface area contributed by atoms with E-state index in [2.05, 4.69) is 21.8 Å². The number of nitrogens with zero attached hydrogens (tertiary/aromatic N) is 3. The van der Waals surface area contributed by atoms with Crippen molar-refractivity contribution in [1.82, 2.24) is 9.88 Å². The van der Waals surface area contributed by atoms with Gasteiger partial charge >= 0.3 is 5.97 Å². The van der Waals surface area contributed by atoms with Gasteiger partial charge in [-0.3, -0.25) is 0 Å². The summed E-state index contributed by atoms with van der Waals surface area (Å²) in [6.07, 6.45) is 1.60. The van der Waals surface area contributed by atoms with Crippen LogP contribution in [-0.4, -0.2) is 55.2 Å². The number of likely N-dealkylation sites (N-methyl/N-ethyl adjacent to an activating group) is 1. The van der Waals surface area contributed by atoms with Crippen molar-refractivity contribution in [2.45, 2.75) is 20.0 Å². The zero-order valence-electron chi connectivity index (χ0n) is 11.8. The Balaban J connectivity index is 2.18. The zero-order valence-corrected chi connectivity index (χ0v) is 11.8. The van der Waals surface area contributed by atoms with E-state index in [1.54, 1.807) is 18.3 Å². The number of hydrogen-bond acceptors (Lipinski definition) is 5. The van der Waals surface area contributed by atoms with Crippen LogP contribution in [0.3, 0.4) is 0 Å². The number of hydrogen-bond donors (Lipinski definition) is 0. The van der Waals surface area contributed by atoms with Crippen LogP contribution in [0.25, 0.3) is 0 Å². The molecule has 19 heavy (non-hydrogen) atoms. The molecule has 0 spiro atoms. The Morgan fingerprint density at radius 1 is 1.32 bits per heavy atom. The summed E-state index contributed by atoms with van der Waals surface area (Å²) in [5, 5.41) is 0. The predicted molar refractivity (Wildman–Crippen MR) is 74.5 cm³/mol. The molecule has 104 valence electrons. The maximum Gasteiger partial charge on any atom is 0.342 e. The average molecular weight is 263 g/mol. The molecule has 0 aromatic carbocycles.